The Morgan fingerprint density at radius 3 is 2.69 bits per heavy atom. The zero-order chi connectivity index (χ0) is 26.1. The molecule has 3 rings (SSSR count). The Balaban J connectivity index is 1.80. The number of hydrogen-bond donors (Lipinski definition) is 5. The summed E-state index contributed by atoms with van der Waals surface area (Å²) in [5, 5.41) is 15.0. The number of aliphatic hydroxyl groups excluding tert-OH is 1. The van der Waals surface area contributed by atoms with Crippen LogP contribution in [0.15, 0.2) is 47.1 Å². The predicted octanol–water partition coefficient (Wildman–Crippen LogP) is 4.29. The van der Waals surface area contributed by atoms with Gasteiger partial charge in [0.25, 0.3) is 6.43 Å². The van der Waals surface area contributed by atoms with Crippen LogP contribution in [0.25, 0.3) is 16.9 Å². The standard InChI is InChI=1S/C24H33F2N7O3/c1-15(35-2)23-19(16-3-8-20(31-28)21(13-16)29-14-22(25)26)9-10-33(23)32-24(27)30-17-4-6-18(7-5-17)36-12-11-34/h3,8-10,13,17-18,22,28-29,34H,1,4-7,11-12,14H2,2H3,(H3,27,30,32). The van der Waals surface area contributed by atoms with E-state index >= 15 is 0 Å². The Labute approximate surface area is 208 Å². The number of alkyl halides is 2. The Hall–Kier alpha value is -3.51. The van der Waals surface area contributed by atoms with Gasteiger partial charge >= 0.3 is 0 Å². The van der Waals surface area contributed by atoms with E-state index in [1.165, 1.54) is 7.11 Å². The number of benzene rings is 1. The summed E-state index contributed by atoms with van der Waals surface area (Å²) in [6.07, 6.45) is 2.69. The summed E-state index contributed by atoms with van der Waals surface area (Å²) in [7, 11) is 1.50. The van der Waals surface area contributed by atoms with Gasteiger partial charge in [0, 0.05) is 11.8 Å². The molecule has 2 aromatic rings. The second-order valence-electron chi connectivity index (χ2n) is 8.34. The van der Waals surface area contributed by atoms with Crippen molar-refractivity contribution in [3.63, 3.8) is 0 Å². The molecule has 36 heavy (non-hydrogen) atoms. The number of anilines is 1. The largest absolute Gasteiger partial charge is 0.495 e. The molecule has 1 aliphatic rings. The van der Waals surface area contributed by atoms with Crippen LogP contribution in [-0.4, -0.2) is 61.2 Å². The molecule has 0 spiro atoms. The maximum absolute atomic E-state index is 12.7. The number of aliphatic imine (C=N–C) groups is 1. The average molecular weight is 506 g/mol. The van der Waals surface area contributed by atoms with Crippen molar-refractivity contribution in [2.24, 2.45) is 15.8 Å². The highest BCUT2D eigenvalue weighted by atomic mass is 19.3. The average Bonchev–Trinajstić information content (AvgIpc) is 3.29. The molecule has 0 atom stereocenters. The van der Waals surface area contributed by atoms with Crippen molar-refractivity contribution >= 4 is 23.1 Å². The number of nitrogens with two attached hydrogens (primary N) is 1. The van der Waals surface area contributed by atoms with Crippen LogP contribution in [0.5, 0.6) is 0 Å². The third-order valence-electron chi connectivity index (χ3n) is 5.92. The van der Waals surface area contributed by atoms with E-state index < -0.39 is 13.0 Å². The number of hydrogen-bond acceptors (Lipinski definition) is 7. The highest BCUT2D eigenvalue weighted by Crippen LogP contribution is 2.35. The van der Waals surface area contributed by atoms with Crippen molar-refractivity contribution in [3.05, 3.63) is 42.7 Å². The minimum Gasteiger partial charge on any atom is -0.495 e. The number of methoxy groups -OCH3 is 1. The molecule has 0 saturated heterocycles. The minimum atomic E-state index is -2.55. The molecule has 0 bridgehead atoms. The van der Waals surface area contributed by atoms with Gasteiger partial charge in [-0.2, -0.15) is 5.11 Å². The van der Waals surface area contributed by atoms with E-state index in [1.54, 1.807) is 29.1 Å². The summed E-state index contributed by atoms with van der Waals surface area (Å²) >= 11 is 0. The monoisotopic (exact) mass is 505 g/mol. The Morgan fingerprint density at radius 2 is 2.06 bits per heavy atom. The van der Waals surface area contributed by atoms with Gasteiger partial charge in [-0.15, -0.1) is 0 Å². The van der Waals surface area contributed by atoms with Gasteiger partial charge < -0.3 is 25.6 Å². The SMILES string of the molecule is C=C(OC)c1c(-c2ccc(N=N)c(NCC(F)F)c2)ccn1NC(N)=NC1CCC(OCCO)CC1. The van der Waals surface area contributed by atoms with E-state index in [9.17, 15) is 8.78 Å². The van der Waals surface area contributed by atoms with Crippen LogP contribution < -0.4 is 16.5 Å². The van der Waals surface area contributed by atoms with E-state index in [1.807, 2.05) is 6.07 Å². The summed E-state index contributed by atoms with van der Waals surface area (Å²) in [5.74, 6) is 0.581. The lowest BCUT2D eigenvalue weighted by Crippen LogP contribution is -2.33. The van der Waals surface area contributed by atoms with Crippen LogP contribution in [0.2, 0.25) is 0 Å². The number of aliphatic hydroxyl groups is 1. The van der Waals surface area contributed by atoms with Crippen LogP contribution in [-0.2, 0) is 9.47 Å². The lowest BCUT2D eigenvalue weighted by Gasteiger charge is -2.26. The lowest BCUT2D eigenvalue weighted by atomic mass is 9.93. The summed E-state index contributed by atoms with van der Waals surface area (Å²) < 4.78 is 38.1. The molecule has 10 nitrogen and oxygen atoms in total. The zero-order valence-corrected chi connectivity index (χ0v) is 20.2. The molecule has 1 fully saturated rings. The molecule has 1 aliphatic carbocycles. The first-order valence-corrected chi connectivity index (χ1v) is 11.7. The van der Waals surface area contributed by atoms with Crippen LogP contribution in [0.1, 0.15) is 31.4 Å². The van der Waals surface area contributed by atoms with Crippen molar-refractivity contribution < 1.29 is 23.4 Å². The van der Waals surface area contributed by atoms with E-state index in [4.69, 9.17) is 25.8 Å². The molecule has 12 heteroatoms. The summed E-state index contributed by atoms with van der Waals surface area (Å²) in [6.45, 7) is 3.77. The molecule has 1 heterocycles. The van der Waals surface area contributed by atoms with Gasteiger partial charge in [-0.05, 0) is 49.4 Å². The second kappa shape index (κ2) is 13.0. The Morgan fingerprint density at radius 1 is 1.31 bits per heavy atom. The van der Waals surface area contributed by atoms with E-state index in [-0.39, 0.29) is 30.4 Å². The van der Waals surface area contributed by atoms with Crippen LogP contribution in [0.4, 0.5) is 20.2 Å². The van der Waals surface area contributed by atoms with E-state index in [0.29, 0.717) is 34.9 Å². The van der Waals surface area contributed by atoms with Crippen molar-refractivity contribution in [2.75, 3.05) is 37.6 Å². The number of halogens is 2. The fraction of sp³-hybridized carbons (Fsp3) is 0.458. The van der Waals surface area contributed by atoms with Gasteiger partial charge in [-0.3, -0.25) is 10.1 Å². The second-order valence-corrected chi connectivity index (χ2v) is 8.34. The first kappa shape index (κ1) is 27.1. The molecule has 1 saturated carbocycles. The predicted molar refractivity (Wildman–Crippen MR) is 135 cm³/mol. The maximum Gasteiger partial charge on any atom is 0.255 e. The first-order chi connectivity index (χ1) is 17.4. The number of guanidine groups is 1. The zero-order valence-electron chi connectivity index (χ0n) is 20.2. The van der Waals surface area contributed by atoms with Crippen LogP contribution in [0.3, 0.4) is 0 Å². The quantitative estimate of drug-likeness (QED) is 0.126. The fourth-order valence-electron chi connectivity index (χ4n) is 4.18. The molecule has 1 aromatic heterocycles. The van der Waals surface area contributed by atoms with Gasteiger partial charge in [-0.25, -0.2) is 19.3 Å². The molecule has 6 N–H and O–H groups in total. The molecule has 0 radical (unpaired) electrons. The number of rotatable bonds is 12. The van der Waals surface area contributed by atoms with E-state index in [2.05, 4.69) is 27.4 Å². The van der Waals surface area contributed by atoms with Gasteiger partial charge in [0.05, 0.1) is 44.7 Å². The molecule has 1 aromatic carbocycles. The molecule has 196 valence electrons. The number of nitrogens with zero attached hydrogens (tertiary/aromatic N) is 3. The first-order valence-electron chi connectivity index (χ1n) is 11.7. The molecule has 0 unspecified atom stereocenters. The Bertz CT molecular complexity index is 1070. The molecular weight excluding hydrogens is 472 g/mol. The Kier molecular flexibility index (Phi) is 9.77. The molecule has 0 aliphatic heterocycles. The number of nitrogens with one attached hydrogen (secondary N) is 3. The van der Waals surface area contributed by atoms with Gasteiger partial charge in [0.2, 0.25) is 5.96 Å². The smallest absolute Gasteiger partial charge is 0.255 e. The number of aromatic nitrogens is 1. The highest BCUT2D eigenvalue weighted by molar-refractivity contribution is 5.88. The van der Waals surface area contributed by atoms with Gasteiger partial charge in [0.15, 0.2) is 0 Å². The van der Waals surface area contributed by atoms with E-state index in [0.717, 1.165) is 25.7 Å². The molecular formula is C24H33F2N7O3. The maximum atomic E-state index is 12.7. The summed E-state index contributed by atoms with van der Waals surface area (Å²) in [5.41, 5.74) is 19.1. The highest BCUT2D eigenvalue weighted by Gasteiger charge is 2.22. The minimum absolute atomic E-state index is 0.0140. The van der Waals surface area contributed by atoms with Crippen molar-refractivity contribution in [2.45, 2.75) is 44.3 Å². The van der Waals surface area contributed by atoms with Gasteiger partial charge in [0.1, 0.15) is 17.1 Å². The summed E-state index contributed by atoms with van der Waals surface area (Å²) in [6, 6.07) is 6.84. The van der Waals surface area contributed by atoms with Crippen molar-refractivity contribution in [3.8, 4) is 11.1 Å². The molecule has 0 amide bonds. The van der Waals surface area contributed by atoms with Crippen LogP contribution >= 0.6 is 0 Å². The normalized spacial score (nSPS) is 18.2. The topological polar surface area (TPSA) is 142 Å². The van der Waals surface area contributed by atoms with Crippen LogP contribution in [0, 0.1) is 5.53 Å². The number of ether oxygens (including phenoxy) is 2. The van der Waals surface area contributed by atoms with Crippen molar-refractivity contribution in [1.29, 1.82) is 5.53 Å². The third kappa shape index (κ3) is 7.01. The van der Waals surface area contributed by atoms with Crippen molar-refractivity contribution in [1.82, 2.24) is 4.68 Å². The lowest BCUT2D eigenvalue weighted by molar-refractivity contribution is 0.00635. The fourth-order valence-corrected chi connectivity index (χ4v) is 4.18. The third-order valence-corrected chi connectivity index (χ3v) is 5.92. The summed E-state index contributed by atoms with van der Waals surface area (Å²) in [4.78, 5) is 4.60. The van der Waals surface area contributed by atoms with Gasteiger partial charge in [-0.1, -0.05) is 12.6 Å².